The van der Waals surface area contributed by atoms with Crippen LogP contribution in [0.3, 0.4) is 0 Å². The van der Waals surface area contributed by atoms with E-state index in [4.69, 9.17) is 10.5 Å². The Bertz CT molecular complexity index is 185. The molecule has 2 N–H and O–H groups in total. The largest absolute Gasteiger partial charge is 0.464 e. The van der Waals surface area contributed by atoms with Crippen LogP contribution in [0.4, 0.5) is 0 Å². The summed E-state index contributed by atoms with van der Waals surface area (Å²) in [4.78, 5) is 11.3. The Kier molecular flexibility index (Phi) is 6.57. The van der Waals surface area contributed by atoms with Gasteiger partial charge in [0, 0.05) is 0 Å². The monoisotopic (exact) mass is 215 g/mol. The molecule has 0 fully saturated rings. The molecule has 1 unspecified atom stereocenters. The first kappa shape index (κ1) is 14.4. The molecule has 0 aromatic carbocycles. The van der Waals surface area contributed by atoms with Crippen molar-refractivity contribution < 1.29 is 9.53 Å². The molecule has 90 valence electrons. The minimum atomic E-state index is -0.869. The molecule has 0 heterocycles. The topological polar surface area (TPSA) is 52.3 Å². The van der Waals surface area contributed by atoms with Crippen LogP contribution in [-0.2, 0) is 9.53 Å². The Hall–Kier alpha value is -0.570. The van der Waals surface area contributed by atoms with Crippen molar-refractivity contribution in [3.63, 3.8) is 0 Å². The van der Waals surface area contributed by atoms with Gasteiger partial charge in [0.25, 0.3) is 0 Å². The van der Waals surface area contributed by atoms with E-state index in [9.17, 15) is 4.79 Å². The number of carbonyl (C=O) groups is 1. The molecule has 0 aliphatic carbocycles. The molecule has 0 aromatic heterocycles. The number of nitrogens with two attached hydrogens (primary N) is 1. The van der Waals surface area contributed by atoms with E-state index in [1.807, 2.05) is 0 Å². The van der Waals surface area contributed by atoms with E-state index in [1.54, 1.807) is 13.8 Å². The van der Waals surface area contributed by atoms with Crippen LogP contribution in [0, 0.1) is 5.92 Å². The number of esters is 1. The third-order valence-electron chi connectivity index (χ3n) is 2.56. The second-order valence-electron chi connectivity index (χ2n) is 4.71. The Labute approximate surface area is 93.4 Å². The molecule has 0 saturated carbocycles. The summed E-state index contributed by atoms with van der Waals surface area (Å²) in [7, 11) is 0. The van der Waals surface area contributed by atoms with Crippen LogP contribution < -0.4 is 5.73 Å². The van der Waals surface area contributed by atoms with Gasteiger partial charge >= 0.3 is 5.97 Å². The molecule has 0 aromatic rings. The first-order valence-electron chi connectivity index (χ1n) is 5.87. The molecule has 0 radical (unpaired) electrons. The fraction of sp³-hybridized carbons (Fsp3) is 0.917. The zero-order chi connectivity index (χ0) is 11.9. The van der Waals surface area contributed by atoms with Crippen LogP contribution in [0.2, 0.25) is 0 Å². The Morgan fingerprint density at radius 2 is 1.93 bits per heavy atom. The molecule has 0 rings (SSSR count). The highest BCUT2D eigenvalue weighted by Crippen LogP contribution is 2.15. The Morgan fingerprint density at radius 3 is 2.33 bits per heavy atom. The Morgan fingerprint density at radius 1 is 1.33 bits per heavy atom. The standard InChI is InChI=1S/C12H25NO2/c1-5-7-10(6-2)8-9-15-11(14)12(3,4)13/h10H,5-9,13H2,1-4H3. The molecular weight excluding hydrogens is 190 g/mol. The normalized spacial score (nSPS) is 13.7. The van der Waals surface area contributed by atoms with Gasteiger partial charge in [-0.3, -0.25) is 4.79 Å². The average molecular weight is 215 g/mol. The van der Waals surface area contributed by atoms with Gasteiger partial charge in [-0.15, -0.1) is 0 Å². The van der Waals surface area contributed by atoms with E-state index in [-0.39, 0.29) is 5.97 Å². The van der Waals surface area contributed by atoms with Crippen LogP contribution in [0.5, 0.6) is 0 Å². The summed E-state index contributed by atoms with van der Waals surface area (Å²) >= 11 is 0. The average Bonchev–Trinajstić information content (AvgIpc) is 2.14. The smallest absolute Gasteiger partial charge is 0.325 e. The lowest BCUT2D eigenvalue weighted by Gasteiger charge is -2.18. The van der Waals surface area contributed by atoms with E-state index in [0.29, 0.717) is 12.5 Å². The van der Waals surface area contributed by atoms with Gasteiger partial charge in [-0.2, -0.15) is 0 Å². The first-order valence-corrected chi connectivity index (χ1v) is 5.87. The lowest BCUT2D eigenvalue weighted by molar-refractivity contribution is -0.149. The van der Waals surface area contributed by atoms with Gasteiger partial charge in [0.15, 0.2) is 0 Å². The highest BCUT2D eigenvalue weighted by Gasteiger charge is 2.23. The van der Waals surface area contributed by atoms with Gasteiger partial charge in [0.05, 0.1) is 6.61 Å². The van der Waals surface area contributed by atoms with Crippen LogP contribution in [0.25, 0.3) is 0 Å². The van der Waals surface area contributed by atoms with E-state index in [0.717, 1.165) is 12.8 Å². The summed E-state index contributed by atoms with van der Waals surface area (Å²) in [6.07, 6.45) is 4.50. The summed E-state index contributed by atoms with van der Waals surface area (Å²) in [5, 5.41) is 0. The maximum Gasteiger partial charge on any atom is 0.325 e. The number of rotatable bonds is 7. The van der Waals surface area contributed by atoms with Gasteiger partial charge in [-0.05, 0) is 26.2 Å². The van der Waals surface area contributed by atoms with Crippen molar-refractivity contribution in [1.29, 1.82) is 0 Å². The van der Waals surface area contributed by atoms with Crippen molar-refractivity contribution >= 4 is 5.97 Å². The quantitative estimate of drug-likeness (QED) is 0.664. The van der Waals surface area contributed by atoms with Gasteiger partial charge in [-0.1, -0.05) is 33.1 Å². The molecule has 0 aliphatic heterocycles. The molecule has 0 bridgehead atoms. The molecule has 0 aliphatic rings. The lowest BCUT2D eigenvalue weighted by atomic mass is 9.97. The lowest BCUT2D eigenvalue weighted by Crippen LogP contribution is -2.43. The predicted molar refractivity (Wildman–Crippen MR) is 62.5 cm³/mol. The SMILES string of the molecule is CCCC(CC)CCOC(=O)C(C)(C)N. The molecule has 0 spiro atoms. The fourth-order valence-electron chi connectivity index (χ4n) is 1.47. The third kappa shape index (κ3) is 6.50. The number of carbonyl (C=O) groups excluding carboxylic acids is 1. The van der Waals surface area contributed by atoms with Crippen molar-refractivity contribution in [2.45, 2.75) is 58.9 Å². The summed E-state index contributed by atoms with van der Waals surface area (Å²) in [6, 6.07) is 0. The summed E-state index contributed by atoms with van der Waals surface area (Å²) < 4.78 is 5.12. The molecular formula is C12H25NO2. The second kappa shape index (κ2) is 6.83. The molecule has 15 heavy (non-hydrogen) atoms. The van der Waals surface area contributed by atoms with Gasteiger partial charge < -0.3 is 10.5 Å². The minimum absolute atomic E-state index is 0.311. The molecule has 0 amide bonds. The van der Waals surface area contributed by atoms with Crippen molar-refractivity contribution in [3.05, 3.63) is 0 Å². The zero-order valence-electron chi connectivity index (χ0n) is 10.5. The van der Waals surface area contributed by atoms with E-state index >= 15 is 0 Å². The molecule has 3 nitrogen and oxygen atoms in total. The van der Waals surface area contributed by atoms with Gasteiger partial charge in [0.1, 0.15) is 5.54 Å². The second-order valence-corrected chi connectivity index (χ2v) is 4.71. The van der Waals surface area contributed by atoms with Gasteiger partial charge in [0.2, 0.25) is 0 Å². The van der Waals surface area contributed by atoms with Crippen LogP contribution in [0.15, 0.2) is 0 Å². The summed E-state index contributed by atoms with van der Waals surface area (Å²) in [6.45, 7) is 8.18. The highest BCUT2D eigenvalue weighted by molar-refractivity contribution is 5.79. The number of ether oxygens (including phenoxy) is 1. The highest BCUT2D eigenvalue weighted by atomic mass is 16.5. The van der Waals surface area contributed by atoms with Crippen molar-refractivity contribution in [1.82, 2.24) is 0 Å². The predicted octanol–water partition coefficient (Wildman–Crippen LogP) is 2.48. The number of hydrogen-bond acceptors (Lipinski definition) is 3. The van der Waals surface area contributed by atoms with Crippen LogP contribution in [-0.4, -0.2) is 18.1 Å². The van der Waals surface area contributed by atoms with Crippen molar-refractivity contribution in [2.75, 3.05) is 6.61 Å². The van der Waals surface area contributed by atoms with Crippen LogP contribution >= 0.6 is 0 Å². The summed E-state index contributed by atoms with van der Waals surface area (Å²) in [5.41, 5.74) is 4.74. The maximum atomic E-state index is 11.3. The maximum absolute atomic E-state index is 11.3. The van der Waals surface area contributed by atoms with Crippen molar-refractivity contribution in [2.24, 2.45) is 11.7 Å². The third-order valence-corrected chi connectivity index (χ3v) is 2.56. The molecule has 3 heteroatoms. The van der Waals surface area contributed by atoms with E-state index < -0.39 is 5.54 Å². The number of hydrogen-bond donors (Lipinski definition) is 1. The minimum Gasteiger partial charge on any atom is -0.464 e. The fourth-order valence-corrected chi connectivity index (χ4v) is 1.47. The molecule has 1 atom stereocenters. The van der Waals surface area contributed by atoms with E-state index in [1.165, 1.54) is 12.8 Å². The Balaban J connectivity index is 3.73. The molecule has 0 saturated heterocycles. The summed E-state index contributed by atoms with van der Waals surface area (Å²) in [5.74, 6) is 0.359. The van der Waals surface area contributed by atoms with Crippen LogP contribution in [0.1, 0.15) is 53.4 Å². The van der Waals surface area contributed by atoms with Gasteiger partial charge in [-0.25, -0.2) is 0 Å². The first-order chi connectivity index (χ1) is 6.91. The zero-order valence-corrected chi connectivity index (χ0v) is 10.5. The van der Waals surface area contributed by atoms with Crippen molar-refractivity contribution in [3.8, 4) is 0 Å². The van der Waals surface area contributed by atoms with E-state index in [2.05, 4.69) is 13.8 Å².